The fourth-order valence-electron chi connectivity index (χ4n) is 3.02. The van der Waals surface area contributed by atoms with Gasteiger partial charge in [-0.3, -0.25) is 4.79 Å². The van der Waals surface area contributed by atoms with Crippen molar-refractivity contribution >= 4 is 26.0 Å². The van der Waals surface area contributed by atoms with Crippen LogP contribution in [0.15, 0.2) is 34.1 Å². The van der Waals surface area contributed by atoms with Crippen molar-refractivity contribution in [3.8, 4) is 0 Å². The van der Waals surface area contributed by atoms with Gasteiger partial charge >= 0.3 is 5.97 Å². The fourth-order valence-corrected chi connectivity index (χ4v) is 6.17. The van der Waals surface area contributed by atoms with Crippen molar-refractivity contribution in [2.24, 2.45) is 5.92 Å². The van der Waals surface area contributed by atoms with Crippen LogP contribution in [0.5, 0.6) is 0 Å². The molecule has 1 aromatic carbocycles. The zero-order valence-electron chi connectivity index (χ0n) is 14.8. The van der Waals surface area contributed by atoms with Crippen LogP contribution in [0.2, 0.25) is 0 Å². The molecule has 1 N–H and O–H groups in total. The second-order valence-electron chi connectivity index (χ2n) is 6.10. The number of hydrogen-bond donors (Lipinski definition) is 1. The molecular formula is C16H24N2O6S2. The molecule has 0 aliphatic carbocycles. The summed E-state index contributed by atoms with van der Waals surface area (Å²) >= 11 is 0. The largest absolute Gasteiger partial charge is 0.481 e. The molecule has 0 spiro atoms. The highest BCUT2D eigenvalue weighted by atomic mass is 32.2. The minimum Gasteiger partial charge on any atom is -0.481 e. The zero-order valence-corrected chi connectivity index (χ0v) is 16.5. The Morgan fingerprint density at radius 3 is 2.38 bits per heavy atom. The number of piperidine rings is 1. The van der Waals surface area contributed by atoms with Gasteiger partial charge in [-0.2, -0.15) is 8.61 Å². The summed E-state index contributed by atoms with van der Waals surface area (Å²) < 4.78 is 53.4. The van der Waals surface area contributed by atoms with E-state index in [1.807, 2.05) is 0 Å². The van der Waals surface area contributed by atoms with Crippen molar-refractivity contribution in [3.63, 3.8) is 0 Å². The van der Waals surface area contributed by atoms with Crippen LogP contribution in [0.4, 0.5) is 0 Å². The lowest BCUT2D eigenvalue weighted by atomic mass is 10.0. The lowest BCUT2D eigenvalue weighted by Crippen LogP contribution is -2.42. The molecule has 0 bridgehead atoms. The first-order valence-corrected chi connectivity index (χ1v) is 11.4. The van der Waals surface area contributed by atoms with E-state index in [0.29, 0.717) is 12.8 Å². The van der Waals surface area contributed by atoms with E-state index in [1.165, 1.54) is 22.5 Å². The lowest BCUT2D eigenvalue weighted by molar-refractivity contribution is -0.142. The number of carboxylic acid groups (broad SMARTS) is 1. The Bertz CT molecular complexity index is 862. The van der Waals surface area contributed by atoms with Gasteiger partial charge in [0.25, 0.3) is 0 Å². The minimum atomic E-state index is -3.96. The molecule has 1 unspecified atom stereocenters. The molecule has 0 amide bonds. The maximum absolute atomic E-state index is 12.9. The Balaban J connectivity index is 2.38. The van der Waals surface area contributed by atoms with E-state index in [0.717, 1.165) is 10.4 Å². The highest BCUT2D eigenvalue weighted by molar-refractivity contribution is 7.90. The molecule has 146 valence electrons. The Morgan fingerprint density at radius 1 is 1.19 bits per heavy atom. The highest BCUT2D eigenvalue weighted by Gasteiger charge is 2.34. The Hall–Kier alpha value is -1.49. The number of aliphatic carboxylic acids is 1. The van der Waals surface area contributed by atoms with E-state index in [4.69, 9.17) is 5.11 Å². The first kappa shape index (κ1) is 20.8. The van der Waals surface area contributed by atoms with Crippen molar-refractivity contribution in [1.29, 1.82) is 0 Å². The predicted molar refractivity (Wildman–Crippen MR) is 95.7 cm³/mol. The number of rotatable bonds is 7. The fraction of sp³-hybridized carbons (Fsp3) is 0.562. The van der Waals surface area contributed by atoms with Gasteiger partial charge in [-0.15, -0.1) is 0 Å². The summed E-state index contributed by atoms with van der Waals surface area (Å²) in [7, 11) is -7.75. The van der Waals surface area contributed by atoms with Crippen molar-refractivity contribution < 1.29 is 26.7 Å². The van der Waals surface area contributed by atoms with Gasteiger partial charge in [0, 0.05) is 26.2 Å². The van der Waals surface area contributed by atoms with Gasteiger partial charge in [-0.1, -0.05) is 19.9 Å². The maximum atomic E-state index is 12.9. The van der Waals surface area contributed by atoms with Crippen molar-refractivity contribution in [3.05, 3.63) is 24.3 Å². The summed E-state index contributed by atoms with van der Waals surface area (Å²) in [6, 6.07) is 5.24. The second kappa shape index (κ2) is 8.03. The summed E-state index contributed by atoms with van der Waals surface area (Å²) in [6.07, 6.45) is 0.880. The number of hydrogen-bond acceptors (Lipinski definition) is 5. The van der Waals surface area contributed by atoms with Gasteiger partial charge in [0.15, 0.2) is 0 Å². The molecule has 1 atom stereocenters. The third kappa shape index (κ3) is 4.08. The van der Waals surface area contributed by atoms with Gasteiger partial charge in [-0.25, -0.2) is 16.8 Å². The maximum Gasteiger partial charge on any atom is 0.307 e. The van der Waals surface area contributed by atoms with Crippen LogP contribution >= 0.6 is 0 Å². The van der Waals surface area contributed by atoms with E-state index in [2.05, 4.69) is 0 Å². The first-order chi connectivity index (χ1) is 12.1. The van der Waals surface area contributed by atoms with Gasteiger partial charge in [-0.05, 0) is 31.0 Å². The van der Waals surface area contributed by atoms with Crippen molar-refractivity contribution in [1.82, 2.24) is 8.61 Å². The van der Waals surface area contributed by atoms with E-state index < -0.39 is 31.9 Å². The van der Waals surface area contributed by atoms with Crippen LogP contribution in [0, 0.1) is 5.92 Å². The Labute approximate surface area is 154 Å². The van der Waals surface area contributed by atoms with Gasteiger partial charge < -0.3 is 5.11 Å². The smallest absolute Gasteiger partial charge is 0.307 e. The molecule has 1 aliphatic rings. The van der Waals surface area contributed by atoms with Crippen LogP contribution < -0.4 is 0 Å². The molecule has 26 heavy (non-hydrogen) atoms. The predicted octanol–water partition coefficient (Wildman–Crippen LogP) is 1.20. The van der Waals surface area contributed by atoms with Crippen LogP contribution in [0.25, 0.3) is 0 Å². The molecule has 8 nitrogen and oxygen atoms in total. The number of benzene rings is 1. The summed E-state index contributed by atoms with van der Waals surface area (Å²) in [5.41, 5.74) is 0. The van der Waals surface area contributed by atoms with Gasteiger partial charge in [0.1, 0.15) is 0 Å². The summed E-state index contributed by atoms with van der Waals surface area (Å²) in [5, 5.41) is 9.15. The van der Waals surface area contributed by atoms with Crippen LogP contribution in [-0.4, -0.2) is 62.7 Å². The Kier molecular flexibility index (Phi) is 6.43. The summed E-state index contributed by atoms with van der Waals surface area (Å²) in [5.74, 6) is -1.77. The molecule has 1 aliphatic heterocycles. The first-order valence-electron chi connectivity index (χ1n) is 8.47. The van der Waals surface area contributed by atoms with Crippen molar-refractivity contribution in [2.45, 2.75) is 36.5 Å². The topological polar surface area (TPSA) is 112 Å². The number of sulfonamides is 2. The zero-order chi connectivity index (χ0) is 19.5. The SMILES string of the molecule is CCN(CC)S(=O)(=O)c1cccc(S(=O)(=O)N2CCCC(C(=O)O)C2)c1. The average Bonchev–Trinajstić information content (AvgIpc) is 2.62. The van der Waals surface area contributed by atoms with Crippen LogP contribution in [0.1, 0.15) is 26.7 Å². The van der Waals surface area contributed by atoms with E-state index in [-0.39, 0.29) is 36.0 Å². The molecule has 1 fully saturated rings. The second-order valence-corrected chi connectivity index (χ2v) is 9.98. The quantitative estimate of drug-likeness (QED) is 0.731. The van der Waals surface area contributed by atoms with Gasteiger partial charge in [0.2, 0.25) is 20.0 Å². The van der Waals surface area contributed by atoms with Gasteiger partial charge in [0.05, 0.1) is 15.7 Å². The third-order valence-corrected chi connectivity index (χ3v) is 8.43. The van der Waals surface area contributed by atoms with Crippen LogP contribution in [-0.2, 0) is 24.8 Å². The monoisotopic (exact) mass is 404 g/mol. The van der Waals surface area contributed by atoms with Crippen molar-refractivity contribution in [2.75, 3.05) is 26.2 Å². The molecule has 10 heteroatoms. The lowest BCUT2D eigenvalue weighted by Gasteiger charge is -2.30. The molecular weight excluding hydrogens is 380 g/mol. The van der Waals surface area contributed by atoms with Crippen LogP contribution in [0.3, 0.4) is 0 Å². The molecule has 1 aromatic rings. The molecule has 1 heterocycles. The summed E-state index contributed by atoms with van der Waals surface area (Å²) in [6.45, 7) is 4.09. The Morgan fingerprint density at radius 2 is 1.81 bits per heavy atom. The summed E-state index contributed by atoms with van der Waals surface area (Å²) in [4.78, 5) is 11.0. The van der Waals surface area contributed by atoms with E-state index >= 15 is 0 Å². The minimum absolute atomic E-state index is 0.0888. The number of nitrogens with zero attached hydrogens (tertiary/aromatic N) is 2. The average molecular weight is 405 g/mol. The third-order valence-electron chi connectivity index (χ3n) is 4.52. The van der Waals surface area contributed by atoms with E-state index in [9.17, 15) is 21.6 Å². The molecule has 1 saturated heterocycles. The molecule has 2 rings (SSSR count). The highest BCUT2D eigenvalue weighted by Crippen LogP contribution is 2.26. The molecule has 0 saturated carbocycles. The van der Waals surface area contributed by atoms with E-state index in [1.54, 1.807) is 13.8 Å². The molecule has 0 radical (unpaired) electrons. The standard InChI is InChI=1S/C16H24N2O6S2/c1-3-17(4-2)25(21,22)14-8-5-9-15(11-14)26(23,24)18-10-6-7-13(12-18)16(19)20/h5,8-9,11,13H,3-4,6-7,10,12H2,1-2H3,(H,19,20). The number of carbonyl (C=O) groups is 1. The number of carboxylic acids is 1. The molecule has 0 aromatic heterocycles. The normalized spacial score (nSPS) is 19.6.